The molecule has 0 aliphatic heterocycles. The van der Waals surface area contributed by atoms with Gasteiger partial charge in [0.15, 0.2) is 0 Å². The van der Waals surface area contributed by atoms with Crippen molar-refractivity contribution in [1.82, 2.24) is 0 Å². The molecule has 3 heteroatoms. The molecular formula is C9H16O2Si. The van der Waals surface area contributed by atoms with Crippen molar-refractivity contribution in [3.63, 3.8) is 0 Å². The third-order valence-electron chi connectivity index (χ3n) is 1.05. The molecule has 0 saturated heterocycles. The van der Waals surface area contributed by atoms with Crippen LogP contribution in [0.3, 0.4) is 0 Å². The molecule has 68 valence electrons. The highest BCUT2D eigenvalue weighted by Gasteiger charge is 1.98. The Hall–Kier alpha value is -0.963. The van der Waals surface area contributed by atoms with Gasteiger partial charge in [-0.25, -0.2) is 0 Å². The molecule has 0 amide bonds. The van der Waals surface area contributed by atoms with Crippen molar-refractivity contribution in [2.45, 2.75) is 20.1 Å². The highest BCUT2D eigenvalue weighted by atomic mass is 28.1. The minimum absolute atomic E-state index is 0.283. The lowest BCUT2D eigenvalue weighted by atomic mass is 10.6. The molecule has 0 N–H and O–H groups in total. The standard InChI is InChI=1S/C9H16O2Si/c1-3-6-10-9(5-8-12)11-7-4-2/h3-9H,1-2,12H3. The first-order chi connectivity index (χ1) is 5.85. The first-order valence-electron chi connectivity index (χ1n) is 4.01. The second-order valence-electron chi connectivity index (χ2n) is 2.11. The van der Waals surface area contributed by atoms with Gasteiger partial charge in [-0.15, -0.1) is 5.70 Å². The van der Waals surface area contributed by atoms with Crippen LogP contribution in [0.15, 0.2) is 36.5 Å². The topological polar surface area (TPSA) is 18.5 Å². The van der Waals surface area contributed by atoms with Crippen LogP contribution in [-0.4, -0.2) is 16.5 Å². The molecule has 0 rings (SSSR count). The molecule has 0 saturated carbocycles. The summed E-state index contributed by atoms with van der Waals surface area (Å²) in [6, 6.07) is 0. The van der Waals surface area contributed by atoms with Crippen LogP contribution < -0.4 is 0 Å². The summed E-state index contributed by atoms with van der Waals surface area (Å²) in [5.41, 5.74) is 2.03. The fourth-order valence-corrected chi connectivity index (χ4v) is 0.906. The van der Waals surface area contributed by atoms with Gasteiger partial charge in [-0.05, 0) is 19.9 Å². The number of hydrogen-bond acceptors (Lipinski definition) is 2. The number of allylic oxidation sites excluding steroid dienone is 2. The van der Waals surface area contributed by atoms with E-state index in [0.29, 0.717) is 0 Å². The van der Waals surface area contributed by atoms with E-state index >= 15 is 0 Å². The molecule has 0 bridgehead atoms. The quantitative estimate of drug-likeness (QED) is 0.364. The van der Waals surface area contributed by atoms with Crippen molar-refractivity contribution in [2.75, 3.05) is 0 Å². The first-order valence-corrected chi connectivity index (χ1v) is 5.16. The van der Waals surface area contributed by atoms with Crippen molar-refractivity contribution in [2.24, 2.45) is 0 Å². The average Bonchev–Trinajstić information content (AvgIpc) is 2.10. The summed E-state index contributed by atoms with van der Waals surface area (Å²) in [5.74, 6) is 0. The van der Waals surface area contributed by atoms with Gasteiger partial charge in [0.1, 0.15) is 0 Å². The highest BCUT2D eigenvalue weighted by molar-refractivity contribution is 6.16. The van der Waals surface area contributed by atoms with E-state index in [0.717, 1.165) is 10.2 Å². The molecule has 0 fully saturated rings. The Labute approximate surface area is 77.0 Å². The molecule has 0 aliphatic rings. The first kappa shape index (κ1) is 11.0. The number of rotatable bonds is 5. The third kappa shape index (κ3) is 5.79. The van der Waals surface area contributed by atoms with Crippen molar-refractivity contribution in [1.29, 1.82) is 0 Å². The van der Waals surface area contributed by atoms with Crippen molar-refractivity contribution in [3.05, 3.63) is 36.5 Å². The molecule has 0 aromatic heterocycles. The Morgan fingerprint density at radius 2 is 1.58 bits per heavy atom. The number of hydrogen-bond donors (Lipinski definition) is 0. The summed E-state index contributed by atoms with van der Waals surface area (Å²) >= 11 is 0. The lowest BCUT2D eigenvalue weighted by Crippen LogP contribution is -2.07. The van der Waals surface area contributed by atoms with Gasteiger partial charge in [0.05, 0.1) is 12.5 Å². The maximum Gasteiger partial charge on any atom is 0.258 e. The minimum atomic E-state index is -0.283. The van der Waals surface area contributed by atoms with E-state index in [1.54, 1.807) is 12.5 Å². The van der Waals surface area contributed by atoms with Gasteiger partial charge in [0, 0.05) is 10.2 Å². The van der Waals surface area contributed by atoms with Crippen molar-refractivity contribution >= 4 is 10.2 Å². The molecule has 0 unspecified atom stereocenters. The fraction of sp³-hybridized carbons (Fsp3) is 0.333. The van der Waals surface area contributed by atoms with Gasteiger partial charge in [0.25, 0.3) is 6.29 Å². The Morgan fingerprint density at radius 1 is 1.08 bits per heavy atom. The summed E-state index contributed by atoms with van der Waals surface area (Å²) in [5, 5.41) is 0. The summed E-state index contributed by atoms with van der Waals surface area (Å²) in [7, 11) is 1.02. The van der Waals surface area contributed by atoms with Crippen LogP contribution in [0, 0.1) is 0 Å². The van der Waals surface area contributed by atoms with Gasteiger partial charge in [0.2, 0.25) is 0 Å². The van der Waals surface area contributed by atoms with Crippen LogP contribution in [0.4, 0.5) is 0 Å². The van der Waals surface area contributed by atoms with Crippen molar-refractivity contribution < 1.29 is 9.47 Å². The third-order valence-corrected chi connectivity index (χ3v) is 1.43. The van der Waals surface area contributed by atoms with Crippen LogP contribution >= 0.6 is 0 Å². The van der Waals surface area contributed by atoms with Crippen LogP contribution in [0.25, 0.3) is 0 Å². The molecule has 0 spiro atoms. The molecule has 0 aromatic rings. The Bertz CT molecular complexity index is 159. The normalized spacial score (nSPS) is 14.8. The van der Waals surface area contributed by atoms with Gasteiger partial charge in [-0.3, -0.25) is 0 Å². The second-order valence-corrected chi connectivity index (χ2v) is 2.77. The molecular weight excluding hydrogens is 168 g/mol. The maximum atomic E-state index is 5.22. The van der Waals surface area contributed by atoms with E-state index in [1.807, 2.05) is 37.8 Å². The second kappa shape index (κ2) is 8.14. The Morgan fingerprint density at radius 3 is 1.92 bits per heavy atom. The fourth-order valence-electron chi connectivity index (χ4n) is 0.592. The summed E-state index contributed by atoms with van der Waals surface area (Å²) in [4.78, 5) is 0. The minimum Gasteiger partial charge on any atom is -0.459 e. The van der Waals surface area contributed by atoms with Crippen LogP contribution in [0.2, 0.25) is 0 Å². The van der Waals surface area contributed by atoms with E-state index < -0.39 is 0 Å². The van der Waals surface area contributed by atoms with Gasteiger partial charge < -0.3 is 9.47 Å². The predicted octanol–water partition coefficient (Wildman–Crippen LogP) is 1.29. The van der Waals surface area contributed by atoms with E-state index in [1.165, 1.54) is 0 Å². The lowest BCUT2D eigenvalue weighted by Gasteiger charge is -2.10. The molecule has 0 aromatic carbocycles. The van der Waals surface area contributed by atoms with Gasteiger partial charge in [-0.1, -0.05) is 12.2 Å². The zero-order chi connectivity index (χ0) is 9.23. The maximum absolute atomic E-state index is 5.22. The van der Waals surface area contributed by atoms with E-state index in [4.69, 9.17) is 9.47 Å². The molecule has 0 heterocycles. The zero-order valence-electron chi connectivity index (χ0n) is 7.86. The average molecular weight is 184 g/mol. The molecule has 2 nitrogen and oxygen atoms in total. The van der Waals surface area contributed by atoms with E-state index in [9.17, 15) is 0 Å². The largest absolute Gasteiger partial charge is 0.459 e. The van der Waals surface area contributed by atoms with E-state index in [-0.39, 0.29) is 6.29 Å². The Balaban J connectivity index is 3.85. The Kier molecular flexibility index (Phi) is 7.48. The summed E-state index contributed by atoms with van der Waals surface area (Å²) in [6.45, 7) is 3.80. The number of ether oxygens (including phenoxy) is 2. The van der Waals surface area contributed by atoms with Crippen molar-refractivity contribution in [3.8, 4) is 0 Å². The highest BCUT2D eigenvalue weighted by Crippen LogP contribution is 1.98. The molecule has 0 aliphatic carbocycles. The van der Waals surface area contributed by atoms with E-state index in [2.05, 4.69) is 0 Å². The van der Waals surface area contributed by atoms with Crippen LogP contribution in [0.1, 0.15) is 13.8 Å². The predicted molar refractivity (Wildman–Crippen MR) is 54.7 cm³/mol. The monoisotopic (exact) mass is 184 g/mol. The summed E-state index contributed by atoms with van der Waals surface area (Å²) in [6.07, 6.45) is 8.51. The van der Waals surface area contributed by atoms with Gasteiger partial charge in [-0.2, -0.15) is 0 Å². The van der Waals surface area contributed by atoms with Crippen LogP contribution in [0.5, 0.6) is 0 Å². The smallest absolute Gasteiger partial charge is 0.258 e. The molecule has 0 atom stereocenters. The molecule has 0 radical (unpaired) electrons. The summed E-state index contributed by atoms with van der Waals surface area (Å²) < 4.78 is 10.4. The van der Waals surface area contributed by atoms with Crippen LogP contribution in [-0.2, 0) is 9.47 Å². The zero-order valence-corrected chi connectivity index (χ0v) is 9.86. The van der Waals surface area contributed by atoms with Gasteiger partial charge >= 0.3 is 0 Å². The molecule has 12 heavy (non-hydrogen) atoms. The SMILES string of the molecule is CC=COC(C=C[SiH3])OC=CC. The lowest BCUT2D eigenvalue weighted by molar-refractivity contribution is -0.0231.